The third-order valence-corrected chi connectivity index (χ3v) is 4.69. The summed E-state index contributed by atoms with van der Waals surface area (Å²) in [6.45, 7) is 3.97. The van der Waals surface area contributed by atoms with Crippen LogP contribution in [0.3, 0.4) is 0 Å². The number of ether oxygens (including phenoxy) is 1. The number of rotatable bonds is 8. The number of carbonyl (C=O) groups is 2. The van der Waals surface area contributed by atoms with Gasteiger partial charge in [-0.15, -0.1) is 11.3 Å². The number of anilines is 1. The number of H-pyrrole nitrogens is 1. The van der Waals surface area contributed by atoms with Gasteiger partial charge in [-0.05, 0) is 13.3 Å². The molecule has 2 N–H and O–H groups in total. The molecule has 0 spiro atoms. The molecule has 1 amide bonds. The van der Waals surface area contributed by atoms with Crippen LogP contribution in [0.2, 0.25) is 0 Å². The van der Waals surface area contributed by atoms with Crippen molar-refractivity contribution in [3.63, 3.8) is 0 Å². The van der Waals surface area contributed by atoms with E-state index >= 15 is 0 Å². The van der Waals surface area contributed by atoms with Crippen molar-refractivity contribution < 1.29 is 14.3 Å². The van der Waals surface area contributed by atoms with Gasteiger partial charge >= 0.3 is 5.97 Å². The van der Waals surface area contributed by atoms with Gasteiger partial charge in [-0.25, -0.2) is 9.97 Å². The summed E-state index contributed by atoms with van der Waals surface area (Å²) < 4.78 is 4.87. The molecule has 2 rings (SSSR count). The summed E-state index contributed by atoms with van der Waals surface area (Å²) in [5.74, 6) is -0.514. The van der Waals surface area contributed by atoms with Crippen molar-refractivity contribution in [1.29, 1.82) is 0 Å². The van der Waals surface area contributed by atoms with E-state index < -0.39 is 0 Å². The zero-order valence-electron chi connectivity index (χ0n) is 13.8. The van der Waals surface area contributed by atoms with Crippen LogP contribution in [-0.2, 0) is 27.2 Å². The van der Waals surface area contributed by atoms with Crippen LogP contribution in [0.5, 0.6) is 0 Å². The molecule has 0 bridgehead atoms. The Morgan fingerprint density at radius 1 is 1.40 bits per heavy atom. The smallest absolute Gasteiger partial charge is 0.311 e. The van der Waals surface area contributed by atoms with Gasteiger partial charge in [0.1, 0.15) is 0 Å². The average molecular weight is 382 g/mol. The highest BCUT2D eigenvalue weighted by molar-refractivity contribution is 7.99. The monoisotopic (exact) mass is 382 g/mol. The van der Waals surface area contributed by atoms with Crippen molar-refractivity contribution in [2.75, 3.05) is 17.7 Å². The summed E-state index contributed by atoms with van der Waals surface area (Å²) in [6, 6.07) is 1.44. The SMILES string of the molecule is CCOC(=O)Cc1cnc(NC(=O)CSc2nc(CC)cc(=O)[nH]2)s1. The third kappa shape index (κ3) is 6.31. The lowest BCUT2D eigenvalue weighted by Gasteiger charge is -2.03. The number of thioether (sulfide) groups is 1. The lowest BCUT2D eigenvalue weighted by Crippen LogP contribution is -2.15. The highest BCUT2D eigenvalue weighted by atomic mass is 32.2. The maximum Gasteiger partial charge on any atom is 0.311 e. The predicted octanol–water partition coefficient (Wildman–Crippen LogP) is 1.63. The van der Waals surface area contributed by atoms with E-state index in [-0.39, 0.29) is 29.6 Å². The molecule has 0 unspecified atom stereocenters. The highest BCUT2D eigenvalue weighted by Gasteiger charge is 2.11. The van der Waals surface area contributed by atoms with E-state index in [9.17, 15) is 14.4 Å². The molecule has 0 radical (unpaired) electrons. The topological polar surface area (TPSA) is 114 Å². The van der Waals surface area contributed by atoms with Crippen molar-refractivity contribution in [2.24, 2.45) is 0 Å². The highest BCUT2D eigenvalue weighted by Crippen LogP contribution is 2.20. The van der Waals surface area contributed by atoms with Crippen molar-refractivity contribution in [3.8, 4) is 0 Å². The van der Waals surface area contributed by atoms with Crippen molar-refractivity contribution in [2.45, 2.75) is 31.8 Å². The van der Waals surface area contributed by atoms with Crippen LogP contribution < -0.4 is 10.9 Å². The second kappa shape index (κ2) is 9.33. The molecular formula is C15H18N4O4S2. The van der Waals surface area contributed by atoms with Gasteiger partial charge in [0, 0.05) is 22.8 Å². The summed E-state index contributed by atoms with van der Waals surface area (Å²) in [4.78, 5) is 46.5. The Labute approximate surface area is 152 Å². The standard InChI is InChI=1S/C15H18N4O4S2/c1-3-9-5-11(20)18-15(17-9)24-8-12(21)19-14-16-7-10(25-14)6-13(22)23-4-2/h5,7H,3-4,6,8H2,1-2H3,(H,16,19,21)(H,17,18,20). The fourth-order valence-corrected chi connectivity index (χ4v) is 3.33. The summed E-state index contributed by atoms with van der Waals surface area (Å²) in [5.41, 5.74) is 0.438. The lowest BCUT2D eigenvalue weighted by atomic mass is 10.3. The second-order valence-electron chi connectivity index (χ2n) is 4.85. The molecule has 0 aromatic carbocycles. The molecule has 8 nitrogen and oxygen atoms in total. The van der Waals surface area contributed by atoms with Crippen LogP contribution >= 0.6 is 23.1 Å². The first-order valence-corrected chi connectivity index (χ1v) is 9.43. The molecule has 0 atom stereocenters. The minimum atomic E-state index is -0.328. The molecule has 0 saturated carbocycles. The zero-order valence-corrected chi connectivity index (χ0v) is 15.5. The minimum absolute atomic E-state index is 0.0862. The number of hydrogen-bond acceptors (Lipinski definition) is 8. The van der Waals surface area contributed by atoms with Crippen LogP contribution in [0.1, 0.15) is 24.4 Å². The number of aromatic amines is 1. The summed E-state index contributed by atoms with van der Waals surface area (Å²) in [5, 5.41) is 3.47. The number of aryl methyl sites for hydroxylation is 1. The number of nitrogens with zero attached hydrogens (tertiary/aromatic N) is 2. The molecular weight excluding hydrogens is 364 g/mol. The van der Waals surface area contributed by atoms with Gasteiger partial charge in [0.15, 0.2) is 10.3 Å². The fourth-order valence-electron chi connectivity index (χ4n) is 1.82. The first-order chi connectivity index (χ1) is 12.0. The van der Waals surface area contributed by atoms with Gasteiger partial charge < -0.3 is 15.0 Å². The molecule has 0 saturated heterocycles. The van der Waals surface area contributed by atoms with E-state index in [0.717, 1.165) is 11.8 Å². The molecule has 0 aliphatic rings. The first kappa shape index (κ1) is 19.1. The lowest BCUT2D eigenvalue weighted by molar-refractivity contribution is -0.142. The number of aromatic nitrogens is 3. The Balaban J connectivity index is 1.86. The van der Waals surface area contributed by atoms with E-state index in [0.29, 0.717) is 33.9 Å². The Bertz CT molecular complexity index is 803. The molecule has 10 heteroatoms. The maximum atomic E-state index is 12.0. The largest absolute Gasteiger partial charge is 0.466 e. The Hall–Kier alpha value is -2.20. The summed E-state index contributed by atoms with van der Waals surface area (Å²) in [7, 11) is 0. The molecule has 0 aliphatic heterocycles. The third-order valence-electron chi connectivity index (χ3n) is 2.90. The Morgan fingerprint density at radius 2 is 2.20 bits per heavy atom. The van der Waals surface area contributed by atoms with Gasteiger partial charge in [0.05, 0.1) is 18.8 Å². The molecule has 2 heterocycles. The zero-order chi connectivity index (χ0) is 18.2. The number of nitrogens with one attached hydrogen (secondary N) is 2. The van der Waals surface area contributed by atoms with E-state index in [1.807, 2.05) is 6.92 Å². The minimum Gasteiger partial charge on any atom is -0.466 e. The Kier molecular flexibility index (Phi) is 7.14. The fraction of sp³-hybridized carbons (Fsp3) is 0.400. The van der Waals surface area contributed by atoms with Gasteiger partial charge in [-0.3, -0.25) is 14.4 Å². The summed E-state index contributed by atoms with van der Waals surface area (Å²) in [6.07, 6.45) is 2.31. The molecule has 2 aromatic heterocycles. The molecule has 2 aromatic rings. The predicted molar refractivity (Wildman–Crippen MR) is 96.0 cm³/mol. The molecule has 0 aliphatic carbocycles. The van der Waals surface area contributed by atoms with Crippen LogP contribution in [0.25, 0.3) is 0 Å². The molecule has 25 heavy (non-hydrogen) atoms. The summed E-state index contributed by atoms with van der Waals surface area (Å²) >= 11 is 2.36. The van der Waals surface area contributed by atoms with Gasteiger partial charge in [-0.2, -0.15) is 0 Å². The number of amides is 1. The number of hydrogen-bond donors (Lipinski definition) is 2. The van der Waals surface area contributed by atoms with E-state index in [2.05, 4.69) is 20.3 Å². The van der Waals surface area contributed by atoms with Crippen LogP contribution in [-0.4, -0.2) is 39.2 Å². The average Bonchev–Trinajstić information content (AvgIpc) is 2.99. The van der Waals surface area contributed by atoms with E-state index in [1.165, 1.54) is 23.6 Å². The number of carbonyl (C=O) groups excluding carboxylic acids is 2. The normalized spacial score (nSPS) is 10.5. The van der Waals surface area contributed by atoms with Crippen LogP contribution in [0.4, 0.5) is 5.13 Å². The number of esters is 1. The molecule has 134 valence electrons. The Morgan fingerprint density at radius 3 is 2.92 bits per heavy atom. The van der Waals surface area contributed by atoms with Crippen molar-refractivity contribution >= 4 is 40.1 Å². The molecule has 0 fully saturated rings. The first-order valence-electron chi connectivity index (χ1n) is 7.63. The van der Waals surface area contributed by atoms with Crippen LogP contribution in [0, 0.1) is 0 Å². The van der Waals surface area contributed by atoms with E-state index in [1.54, 1.807) is 6.92 Å². The van der Waals surface area contributed by atoms with Crippen molar-refractivity contribution in [3.05, 3.63) is 33.2 Å². The van der Waals surface area contributed by atoms with Crippen LogP contribution in [0.15, 0.2) is 22.2 Å². The van der Waals surface area contributed by atoms with E-state index in [4.69, 9.17) is 4.74 Å². The van der Waals surface area contributed by atoms with Crippen molar-refractivity contribution in [1.82, 2.24) is 15.0 Å². The van der Waals surface area contributed by atoms with Gasteiger partial charge in [0.2, 0.25) is 5.91 Å². The number of thiazole rings is 1. The second-order valence-corrected chi connectivity index (χ2v) is 6.93. The maximum absolute atomic E-state index is 12.0. The quantitative estimate of drug-likeness (QED) is 0.405. The van der Waals surface area contributed by atoms with Gasteiger partial charge in [-0.1, -0.05) is 18.7 Å². The van der Waals surface area contributed by atoms with Gasteiger partial charge in [0.25, 0.3) is 5.56 Å².